The number of anilines is 2. The molecule has 1 aliphatic rings. The van der Waals surface area contributed by atoms with Crippen LogP contribution in [0.15, 0.2) is 42.7 Å². The molecule has 6 nitrogen and oxygen atoms in total. The van der Waals surface area contributed by atoms with E-state index >= 15 is 0 Å². The Balaban J connectivity index is 1.52. The van der Waals surface area contributed by atoms with Crippen molar-refractivity contribution in [3.63, 3.8) is 0 Å². The average molecular weight is 376 g/mol. The van der Waals surface area contributed by atoms with Gasteiger partial charge in [0.25, 0.3) is 0 Å². The van der Waals surface area contributed by atoms with Gasteiger partial charge in [-0.05, 0) is 50.1 Å². The van der Waals surface area contributed by atoms with Gasteiger partial charge >= 0.3 is 0 Å². The minimum absolute atomic E-state index is 0.291. The highest BCUT2D eigenvalue weighted by Crippen LogP contribution is 2.33. The molecule has 1 fully saturated rings. The molecule has 3 aromatic heterocycles. The number of pyridine rings is 2. The fourth-order valence-corrected chi connectivity index (χ4v) is 4.05. The predicted molar refractivity (Wildman–Crippen MR) is 106 cm³/mol. The van der Waals surface area contributed by atoms with Crippen LogP contribution in [0, 0.1) is 18.3 Å². The zero-order valence-corrected chi connectivity index (χ0v) is 15.9. The Hall–Kier alpha value is -2.82. The summed E-state index contributed by atoms with van der Waals surface area (Å²) in [6.07, 6.45) is 5.69. The Morgan fingerprint density at radius 2 is 2.22 bits per heavy atom. The highest BCUT2D eigenvalue weighted by molar-refractivity contribution is 7.16. The molecule has 0 aromatic carbocycles. The molecule has 1 N–H and O–H groups in total. The van der Waals surface area contributed by atoms with Gasteiger partial charge in [-0.3, -0.25) is 9.88 Å². The largest absolute Gasteiger partial charge is 0.316 e. The van der Waals surface area contributed by atoms with E-state index in [9.17, 15) is 0 Å². The third-order valence-corrected chi connectivity index (χ3v) is 5.61. The smallest absolute Gasteiger partial charge is 0.189 e. The summed E-state index contributed by atoms with van der Waals surface area (Å²) >= 11 is 1.33. The lowest BCUT2D eigenvalue weighted by Crippen LogP contribution is -2.24. The Labute approximate surface area is 162 Å². The van der Waals surface area contributed by atoms with Gasteiger partial charge in [0.1, 0.15) is 16.8 Å². The summed E-state index contributed by atoms with van der Waals surface area (Å²) in [4.78, 5) is 16.6. The zero-order chi connectivity index (χ0) is 18.6. The molecule has 27 heavy (non-hydrogen) atoms. The number of thiazole rings is 1. The molecule has 0 spiro atoms. The van der Waals surface area contributed by atoms with Gasteiger partial charge < -0.3 is 5.32 Å². The summed E-state index contributed by atoms with van der Waals surface area (Å²) in [5.74, 6) is 0.757. The second-order valence-corrected chi connectivity index (χ2v) is 7.64. The average Bonchev–Trinajstić information content (AvgIpc) is 3.33. The first kappa shape index (κ1) is 17.6. The maximum absolute atomic E-state index is 8.94. The Morgan fingerprint density at radius 1 is 1.30 bits per heavy atom. The zero-order valence-electron chi connectivity index (χ0n) is 15.1. The highest BCUT2D eigenvalue weighted by atomic mass is 32.1. The minimum atomic E-state index is 0.291. The van der Waals surface area contributed by atoms with Crippen LogP contribution < -0.4 is 5.32 Å². The molecule has 0 bridgehead atoms. The van der Waals surface area contributed by atoms with Crippen LogP contribution in [-0.4, -0.2) is 26.4 Å². The number of aromatic nitrogens is 3. The van der Waals surface area contributed by atoms with Crippen LogP contribution >= 0.6 is 11.3 Å². The van der Waals surface area contributed by atoms with Gasteiger partial charge in [-0.25, -0.2) is 9.97 Å². The molecule has 7 heteroatoms. The summed E-state index contributed by atoms with van der Waals surface area (Å²) in [6.45, 7) is 4.01. The third-order valence-electron chi connectivity index (χ3n) is 4.80. The fraction of sp³-hybridized carbons (Fsp3) is 0.300. The maximum atomic E-state index is 8.94. The molecule has 0 radical (unpaired) electrons. The molecule has 136 valence electrons. The summed E-state index contributed by atoms with van der Waals surface area (Å²) in [5.41, 5.74) is 3.41. The van der Waals surface area contributed by atoms with E-state index in [0.29, 0.717) is 16.1 Å². The van der Waals surface area contributed by atoms with Gasteiger partial charge in [0, 0.05) is 12.7 Å². The molecule has 1 saturated heterocycles. The number of aryl methyl sites for hydroxylation is 1. The van der Waals surface area contributed by atoms with E-state index in [1.54, 1.807) is 6.20 Å². The Morgan fingerprint density at radius 3 is 3.04 bits per heavy atom. The fourth-order valence-electron chi connectivity index (χ4n) is 3.43. The van der Waals surface area contributed by atoms with Crippen LogP contribution in [0.5, 0.6) is 0 Å². The predicted octanol–water partition coefficient (Wildman–Crippen LogP) is 4.19. The van der Waals surface area contributed by atoms with E-state index in [4.69, 9.17) is 10.2 Å². The molecular formula is C20H20N6S. The van der Waals surface area contributed by atoms with Crippen molar-refractivity contribution in [3.05, 3.63) is 64.6 Å². The van der Waals surface area contributed by atoms with Gasteiger partial charge in [0.05, 0.1) is 23.6 Å². The first-order chi connectivity index (χ1) is 13.2. The van der Waals surface area contributed by atoms with Crippen molar-refractivity contribution in [1.29, 1.82) is 5.26 Å². The van der Waals surface area contributed by atoms with Crippen molar-refractivity contribution < 1.29 is 0 Å². The van der Waals surface area contributed by atoms with Crippen LogP contribution in [0.1, 0.15) is 40.7 Å². The number of hydrogen-bond acceptors (Lipinski definition) is 7. The molecule has 1 atom stereocenters. The first-order valence-electron chi connectivity index (χ1n) is 8.97. The van der Waals surface area contributed by atoms with Crippen LogP contribution in [-0.2, 0) is 6.54 Å². The van der Waals surface area contributed by atoms with Gasteiger partial charge in [-0.2, -0.15) is 5.26 Å². The molecule has 0 unspecified atom stereocenters. The molecule has 3 aromatic rings. The monoisotopic (exact) mass is 376 g/mol. The van der Waals surface area contributed by atoms with Gasteiger partial charge in [-0.1, -0.05) is 23.5 Å². The molecule has 4 rings (SSSR count). The lowest BCUT2D eigenvalue weighted by molar-refractivity contribution is 0.241. The van der Waals surface area contributed by atoms with Gasteiger partial charge in [-0.15, -0.1) is 0 Å². The minimum Gasteiger partial charge on any atom is -0.316 e. The summed E-state index contributed by atoms with van der Waals surface area (Å²) in [5, 5.41) is 12.8. The maximum Gasteiger partial charge on any atom is 0.189 e. The van der Waals surface area contributed by atoms with Gasteiger partial charge in [0.2, 0.25) is 0 Å². The van der Waals surface area contributed by atoms with E-state index in [1.807, 2.05) is 24.4 Å². The Kier molecular flexibility index (Phi) is 5.10. The molecule has 0 amide bonds. The van der Waals surface area contributed by atoms with Crippen molar-refractivity contribution in [1.82, 2.24) is 19.9 Å². The van der Waals surface area contributed by atoms with E-state index in [0.717, 1.165) is 43.1 Å². The van der Waals surface area contributed by atoms with Crippen molar-refractivity contribution in [2.45, 2.75) is 32.4 Å². The summed E-state index contributed by atoms with van der Waals surface area (Å²) in [6, 6.07) is 12.5. The van der Waals surface area contributed by atoms with Crippen molar-refractivity contribution >= 4 is 22.3 Å². The normalized spacial score (nSPS) is 17.0. The molecule has 4 heterocycles. The second kappa shape index (κ2) is 7.82. The van der Waals surface area contributed by atoms with Crippen molar-refractivity contribution in [2.24, 2.45) is 0 Å². The Bertz CT molecular complexity index is 976. The summed E-state index contributed by atoms with van der Waals surface area (Å²) < 4.78 is 0. The topological polar surface area (TPSA) is 77.7 Å². The van der Waals surface area contributed by atoms with Crippen LogP contribution in [0.4, 0.5) is 10.9 Å². The van der Waals surface area contributed by atoms with E-state index < -0.39 is 0 Å². The van der Waals surface area contributed by atoms with Gasteiger partial charge in [0.15, 0.2) is 5.13 Å². The third kappa shape index (κ3) is 3.97. The highest BCUT2D eigenvalue weighted by Gasteiger charge is 2.27. The number of nitrogens with zero attached hydrogens (tertiary/aromatic N) is 5. The number of likely N-dealkylation sites (tertiary alicyclic amines) is 1. The quantitative estimate of drug-likeness (QED) is 0.719. The number of hydrogen-bond donors (Lipinski definition) is 1. The van der Waals surface area contributed by atoms with E-state index in [2.05, 4.69) is 45.3 Å². The molecule has 0 aliphatic carbocycles. The molecular weight excluding hydrogens is 356 g/mol. The SMILES string of the molecule is Cc1cccnc1CN1CCC[C@@H]1c1cccc(Nc2ncc(C#N)s2)n1. The lowest BCUT2D eigenvalue weighted by Gasteiger charge is -2.24. The molecule has 0 saturated carbocycles. The standard InChI is InChI=1S/C20H20N6S/c1-14-5-3-9-22-17(14)13-26-10-4-7-18(26)16-6-2-8-19(24-16)25-20-23-12-15(11-21)27-20/h2-3,5-6,8-9,12,18H,4,7,10,13H2,1H3,(H,23,24,25)/t18-/m1/s1. The molecule has 1 aliphatic heterocycles. The number of rotatable bonds is 5. The summed E-state index contributed by atoms with van der Waals surface area (Å²) in [7, 11) is 0. The van der Waals surface area contributed by atoms with E-state index in [-0.39, 0.29) is 0 Å². The van der Waals surface area contributed by atoms with Crippen molar-refractivity contribution in [3.8, 4) is 6.07 Å². The number of nitriles is 1. The first-order valence-corrected chi connectivity index (χ1v) is 9.79. The van der Waals surface area contributed by atoms with E-state index in [1.165, 1.54) is 16.9 Å². The van der Waals surface area contributed by atoms with Crippen LogP contribution in [0.25, 0.3) is 0 Å². The number of nitrogens with one attached hydrogen (secondary N) is 1. The second-order valence-electron chi connectivity index (χ2n) is 6.61. The van der Waals surface area contributed by atoms with Crippen LogP contribution in [0.2, 0.25) is 0 Å². The van der Waals surface area contributed by atoms with Crippen molar-refractivity contribution in [2.75, 3.05) is 11.9 Å². The lowest BCUT2D eigenvalue weighted by atomic mass is 10.1. The van der Waals surface area contributed by atoms with Crippen LogP contribution in [0.3, 0.4) is 0 Å².